The van der Waals surface area contributed by atoms with Crippen molar-refractivity contribution in [2.75, 3.05) is 6.54 Å². The van der Waals surface area contributed by atoms with Gasteiger partial charge in [0.2, 0.25) is 0 Å². The fourth-order valence-electron chi connectivity index (χ4n) is 2.54. The number of benzene rings is 1. The third kappa shape index (κ3) is 2.78. The Hall–Kier alpha value is -1.72. The summed E-state index contributed by atoms with van der Waals surface area (Å²) in [6.45, 7) is 0.663. The van der Waals surface area contributed by atoms with Crippen molar-refractivity contribution in [3.63, 3.8) is 0 Å². The summed E-state index contributed by atoms with van der Waals surface area (Å²) in [5.41, 5.74) is 1.31. The zero-order valence-electron chi connectivity index (χ0n) is 12.0. The van der Waals surface area contributed by atoms with Crippen LogP contribution in [0.1, 0.15) is 39.0 Å². The highest BCUT2D eigenvalue weighted by molar-refractivity contribution is 7.17. The number of rotatable bonds is 5. The van der Waals surface area contributed by atoms with Crippen LogP contribution in [0.15, 0.2) is 35.8 Å². The van der Waals surface area contributed by atoms with Gasteiger partial charge in [0.1, 0.15) is 4.88 Å². The monoisotopic (exact) mass is 328 g/mol. The molecule has 1 N–H and O–H groups in total. The van der Waals surface area contributed by atoms with E-state index in [0.29, 0.717) is 12.5 Å². The Labute approximate surface area is 137 Å². The highest BCUT2D eigenvalue weighted by Gasteiger charge is 2.27. The molecule has 0 radical (unpaired) electrons. The number of thiazole rings is 1. The molecule has 0 atom stereocenters. The van der Waals surface area contributed by atoms with Crippen LogP contribution in [0.4, 0.5) is 0 Å². The van der Waals surface area contributed by atoms with E-state index >= 15 is 0 Å². The van der Waals surface area contributed by atoms with Crippen LogP contribution in [-0.4, -0.2) is 17.4 Å². The molecule has 22 heavy (non-hydrogen) atoms. The molecule has 2 aromatic heterocycles. The van der Waals surface area contributed by atoms with Gasteiger partial charge in [-0.1, -0.05) is 18.2 Å². The van der Waals surface area contributed by atoms with Crippen molar-refractivity contribution in [1.29, 1.82) is 0 Å². The molecule has 0 saturated heterocycles. The summed E-state index contributed by atoms with van der Waals surface area (Å²) in [5, 5.41) is 7.62. The number of carbonyl (C=O) groups excluding carboxylic acids is 1. The first kappa shape index (κ1) is 13.9. The molecule has 0 aliphatic heterocycles. The topological polar surface area (TPSA) is 42.0 Å². The van der Waals surface area contributed by atoms with Crippen LogP contribution in [0.3, 0.4) is 0 Å². The minimum Gasteiger partial charge on any atom is -0.351 e. The van der Waals surface area contributed by atoms with Crippen molar-refractivity contribution >= 4 is 38.7 Å². The minimum absolute atomic E-state index is 0.00364. The van der Waals surface area contributed by atoms with Gasteiger partial charge in [-0.2, -0.15) is 0 Å². The second-order valence-electron chi connectivity index (χ2n) is 5.60. The zero-order valence-corrected chi connectivity index (χ0v) is 13.7. The van der Waals surface area contributed by atoms with Gasteiger partial charge in [-0.3, -0.25) is 4.79 Å². The van der Waals surface area contributed by atoms with Crippen molar-refractivity contribution in [3.05, 3.63) is 51.3 Å². The predicted octanol–water partition coefficient (Wildman–Crippen LogP) is 4.21. The van der Waals surface area contributed by atoms with Crippen LogP contribution in [-0.2, 0) is 6.42 Å². The highest BCUT2D eigenvalue weighted by atomic mass is 32.1. The van der Waals surface area contributed by atoms with Crippen LogP contribution < -0.4 is 5.32 Å². The van der Waals surface area contributed by atoms with Gasteiger partial charge in [0.25, 0.3) is 5.91 Å². The van der Waals surface area contributed by atoms with E-state index in [-0.39, 0.29) is 5.91 Å². The number of amides is 1. The Kier molecular flexibility index (Phi) is 3.68. The number of nitrogens with zero attached hydrogens (tertiary/aromatic N) is 1. The molecule has 5 heteroatoms. The van der Waals surface area contributed by atoms with E-state index < -0.39 is 0 Å². The number of nitrogens with one attached hydrogen (secondary N) is 1. The quantitative estimate of drug-likeness (QED) is 0.762. The summed E-state index contributed by atoms with van der Waals surface area (Å²) >= 11 is 3.30. The molecule has 112 valence electrons. The first-order valence-corrected chi connectivity index (χ1v) is 9.20. The maximum absolute atomic E-state index is 12.2. The molecule has 1 aliphatic carbocycles. The summed E-state index contributed by atoms with van der Waals surface area (Å²) in [4.78, 5) is 17.2. The van der Waals surface area contributed by atoms with Crippen LogP contribution in [0.25, 0.3) is 10.1 Å². The molecule has 1 saturated carbocycles. The Morgan fingerprint density at radius 2 is 2.18 bits per heavy atom. The molecular weight excluding hydrogens is 312 g/mol. The molecule has 2 heterocycles. The molecule has 1 amide bonds. The summed E-state index contributed by atoms with van der Waals surface area (Å²) in [5.74, 6) is 0.618. The Morgan fingerprint density at radius 3 is 3.05 bits per heavy atom. The molecular formula is C17H16N2OS2. The van der Waals surface area contributed by atoms with Gasteiger partial charge in [0.05, 0.1) is 11.2 Å². The van der Waals surface area contributed by atoms with Crippen molar-refractivity contribution in [3.8, 4) is 0 Å². The smallest absolute Gasteiger partial charge is 0.263 e. The first-order chi connectivity index (χ1) is 10.8. The minimum atomic E-state index is 0.00364. The molecule has 3 aromatic rings. The lowest BCUT2D eigenvalue weighted by atomic mass is 10.1. The highest BCUT2D eigenvalue weighted by Crippen LogP contribution is 2.41. The molecule has 0 bridgehead atoms. The van der Waals surface area contributed by atoms with E-state index in [1.165, 1.54) is 28.5 Å². The molecule has 0 unspecified atom stereocenters. The van der Waals surface area contributed by atoms with Gasteiger partial charge in [-0.05, 0) is 41.7 Å². The number of hydrogen-bond donors (Lipinski definition) is 1. The molecule has 4 rings (SSSR count). The third-order valence-corrected chi connectivity index (χ3v) is 6.09. The van der Waals surface area contributed by atoms with E-state index in [1.54, 1.807) is 28.9 Å². The lowest BCUT2D eigenvalue weighted by molar-refractivity contribution is 0.0958. The fourth-order valence-corrected chi connectivity index (χ4v) is 4.54. The SMILES string of the molecule is O=C(NCCc1csc2ccccc12)c1cnc(C2CC2)s1. The normalized spacial score (nSPS) is 14.4. The van der Waals surface area contributed by atoms with Gasteiger partial charge in [0.15, 0.2) is 0 Å². The van der Waals surface area contributed by atoms with E-state index in [1.807, 2.05) is 0 Å². The van der Waals surface area contributed by atoms with Gasteiger partial charge < -0.3 is 5.32 Å². The van der Waals surface area contributed by atoms with E-state index in [0.717, 1.165) is 16.3 Å². The van der Waals surface area contributed by atoms with E-state index in [4.69, 9.17) is 0 Å². The van der Waals surface area contributed by atoms with E-state index in [2.05, 4.69) is 39.9 Å². The van der Waals surface area contributed by atoms with E-state index in [9.17, 15) is 4.79 Å². The molecule has 0 spiro atoms. The summed E-state index contributed by atoms with van der Waals surface area (Å²) in [7, 11) is 0. The average Bonchev–Trinajstić information content (AvgIpc) is 3.13. The summed E-state index contributed by atoms with van der Waals surface area (Å²) in [6.07, 6.45) is 5.03. The van der Waals surface area contributed by atoms with Gasteiger partial charge >= 0.3 is 0 Å². The van der Waals surface area contributed by atoms with Crippen LogP contribution in [0, 0.1) is 0 Å². The largest absolute Gasteiger partial charge is 0.351 e. The lowest BCUT2D eigenvalue weighted by Crippen LogP contribution is -2.24. The third-order valence-electron chi connectivity index (χ3n) is 3.92. The van der Waals surface area contributed by atoms with Crippen LogP contribution >= 0.6 is 22.7 Å². The van der Waals surface area contributed by atoms with Gasteiger partial charge in [-0.25, -0.2) is 4.98 Å². The van der Waals surface area contributed by atoms with Crippen molar-refractivity contribution in [2.24, 2.45) is 0 Å². The Bertz CT molecular complexity index is 817. The molecule has 1 aromatic carbocycles. The maximum atomic E-state index is 12.2. The van der Waals surface area contributed by atoms with Crippen LogP contribution in [0.5, 0.6) is 0 Å². The zero-order chi connectivity index (χ0) is 14.9. The standard InChI is InChI=1S/C17H16N2OS2/c20-16(15-9-19-17(22-15)11-5-6-11)18-8-7-12-10-21-14-4-2-1-3-13(12)14/h1-4,9-11H,5-8H2,(H,18,20). The lowest BCUT2D eigenvalue weighted by Gasteiger charge is -2.03. The maximum Gasteiger partial charge on any atom is 0.263 e. The van der Waals surface area contributed by atoms with Crippen LogP contribution in [0.2, 0.25) is 0 Å². The van der Waals surface area contributed by atoms with Gasteiger partial charge in [0, 0.05) is 17.2 Å². The molecule has 1 fully saturated rings. The molecule has 1 aliphatic rings. The Morgan fingerprint density at radius 1 is 1.32 bits per heavy atom. The number of thiophene rings is 1. The summed E-state index contributed by atoms with van der Waals surface area (Å²) in [6, 6.07) is 8.41. The fraction of sp³-hybridized carbons (Fsp3) is 0.294. The number of hydrogen-bond acceptors (Lipinski definition) is 4. The second-order valence-corrected chi connectivity index (χ2v) is 7.57. The number of carbonyl (C=O) groups is 1. The average molecular weight is 328 g/mol. The summed E-state index contributed by atoms with van der Waals surface area (Å²) < 4.78 is 1.31. The Balaban J connectivity index is 1.36. The predicted molar refractivity (Wildman–Crippen MR) is 92.0 cm³/mol. The number of fused-ring (bicyclic) bond motifs is 1. The molecule has 3 nitrogen and oxygen atoms in total. The van der Waals surface area contributed by atoms with Crippen molar-refractivity contribution < 1.29 is 4.79 Å². The first-order valence-electron chi connectivity index (χ1n) is 7.50. The van der Waals surface area contributed by atoms with Gasteiger partial charge in [-0.15, -0.1) is 22.7 Å². The number of aromatic nitrogens is 1. The second kappa shape index (κ2) is 5.82. The van der Waals surface area contributed by atoms with Crippen molar-refractivity contribution in [2.45, 2.75) is 25.2 Å². The van der Waals surface area contributed by atoms with Crippen molar-refractivity contribution in [1.82, 2.24) is 10.3 Å².